The number of rotatable bonds is 4. The fraction of sp³-hybridized carbons (Fsp3) is 0.714. The quantitative estimate of drug-likeness (QED) is 0.792. The molecule has 0 spiro atoms. The largest absolute Gasteiger partial charge is 0.382 e. The van der Waals surface area contributed by atoms with Crippen molar-refractivity contribution in [1.82, 2.24) is 10.3 Å². The molecule has 0 aromatic carbocycles. The minimum atomic E-state index is -0.161. The Morgan fingerprint density at radius 2 is 2.24 bits per heavy atom. The number of nitrogens with two attached hydrogens (primary N) is 1. The number of aromatic nitrogens is 1. The van der Waals surface area contributed by atoms with Crippen molar-refractivity contribution in [1.29, 1.82) is 0 Å². The van der Waals surface area contributed by atoms with Gasteiger partial charge in [-0.2, -0.15) is 0 Å². The van der Waals surface area contributed by atoms with Gasteiger partial charge in [-0.15, -0.1) is 0 Å². The van der Waals surface area contributed by atoms with Crippen LogP contribution in [0.3, 0.4) is 0 Å². The first-order valence-electron chi connectivity index (χ1n) is 7.19. The molecule has 1 aliphatic rings. The van der Waals surface area contributed by atoms with E-state index < -0.39 is 0 Å². The van der Waals surface area contributed by atoms with Gasteiger partial charge in [0, 0.05) is 24.1 Å². The molecule has 2 unspecified atom stereocenters. The summed E-state index contributed by atoms with van der Waals surface area (Å²) in [5.41, 5.74) is 5.75. The Morgan fingerprint density at radius 1 is 1.52 bits per heavy atom. The average Bonchev–Trinajstić information content (AvgIpc) is 2.96. The van der Waals surface area contributed by atoms with Crippen LogP contribution in [0, 0.1) is 5.92 Å². The van der Waals surface area contributed by atoms with Gasteiger partial charge in [-0.05, 0) is 34.1 Å². The first kappa shape index (κ1) is 16.0. The van der Waals surface area contributed by atoms with Gasteiger partial charge in [0.05, 0.1) is 6.61 Å². The zero-order valence-corrected chi connectivity index (χ0v) is 13.8. The molecule has 2 atom stereocenters. The van der Waals surface area contributed by atoms with Crippen molar-refractivity contribution in [3.8, 4) is 0 Å². The number of hydrogen-bond acceptors (Lipinski definition) is 6. The SMILES string of the molecule is CC(NC(=O)c1sc(NC(C)(C)C)nc1N)C1CCOC1. The molecule has 1 amide bonds. The van der Waals surface area contributed by atoms with E-state index in [9.17, 15) is 4.79 Å². The van der Waals surface area contributed by atoms with Crippen LogP contribution in [-0.4, -0.2) is 35.7 Å². The Kier molecular flexibility index (Phi) is 4.73. The molecule has 1 saturated heterocycles. The number of thiazole rings is 1. The van der Waals surface area contributed by atoms with Crippen molar-refractivity contribution in [2.24, 2.45) is 5.92 Å². The van der Waals surface area contributed by atoms with Gasteiger partial charge >= 0.3 is 0 Å². The second-order valence-corrected chi connectivity index (χ2v) is 7.49. The summed E-state index contributed by atoms with van der Waals surface area (Å²) >= 11 is 1.29. The van der Waals surface area contributed by atoms with Crippen LogP contribution in [0.4, 0.5) is 10.9 Å². The zero-order valence-electron chi connectivity index (χ0n) is 13.0. The zero-order chi connectivity index (χ0) is 15.6. The Labute approximate surface area is 129 Å². The molecule has 1 fully saturated rings. The maximum absolute atomic E-state index is 12.3. The highest BCUT2D eigenvalue weighted by Crippen LogP contribution is 2.27. The van der Waals surface area contributed by atoms with E-state index in [-0.39, 0.29) is 23.3 Å². The second kappa shape index (κ2) is 6.19. The Morgan fingerprint density at radius 3 is 2.81 bits per heavy atom. The Balaban J connectivity index is 2.01. The predicted octanol–water partition coefficient (Wildman–Crippen LogP) is 2.09. The molecular weight excluding hydrogens is 288 g/mol. The summed E-state index contributed by atoms with van der Waals surface area (Å²) in [7, 11) is 0. The molecule has 2 heterocycles. The summed E-state index contributed by atoms with van der Waals surface area (Å²) in [6.45, 7) is 9.58. The molecule has 0 radical (unpaired) electrons. The standard InChI is InChI=1S/C14H24N4O2S/c1-8(9-5-6-20-7-9)16-12(19)10-11(15)17-13(21-10)18-14(2,3)4/h8-9H,5-7,15H2,1-4H3,(H,16,19)(H,17,18). The second-order valence-electron chi connectivity index (χ2n) is 6.49. The van der Waals surface area contributed by atoms with E-state index in [4.69, 9.17) is 10.5 Å². The normalized spacial score (nSPS) is 20.3. The Hall–Kier alpha value is -1.34. The predicted molar refractivity (Wildman–Crippen MR) is 85.8 cm³/mol. The molecule has 4 N–H and O–H groups in total. The monoisotopic (exact) mass is 312 g/mol. The van der Waals surface area contributed by atoms with E-state index in [0.29, 0.717) is 22.5 Å². The lowest BCUT2D eigenvalue weighted by Crippen LogP contribution is -2.38. The van der Waals surface area contributed by atoms with Crippen LogP contribution < -0.4 is 16.4 Å². The summed E-state index contributed by atoms with van der Waals surface area (Å²) in [6.07, 6.45) is 0.983. The lowest BCUT2D eigenvalue weighted by Gasteiger charge is -2.19. The van der Waals surface area contributed by atoms with Gasteiger partial charge in [-0.25, -0.2) is 4.98 Å². The van der Waals surface area contributed by atoms with E-state index >= 15 is 0 Å². The minimum Gasteiger partial charge on any atom is -0.382 e. The number of amides is 1. The van der Waals surface area contributed by atoms with Gasteiger partial charge in [0.2, 0.25) is 0 Å². The third-order valence-corrected chi connectivity index (χ3v) is 4.36. The maximum atomic E-state index is 12.3. The van der Waals surface area contributed by atoms with Crippen molar-refractivity contribution >= 4 is 28.2 Å². The number of ether oxygens (including phenoxy) is 1. The average molecular weight is 312 g/mol. The van der Waals surface area contributed by atoms with E-state index in [1.54, 1.807) is 0 Å². The van der Waals surface area contributed by atoms with Gasteiger partial charge in [0.1, 0.15) is 10.7 Å². The molecule has 1 aliphatic heterocycles. The number of hydrogen-bond donors (Lipinski definition) is 3. The van der Waals surface area contributed by atoms with Crippen molar-refractivity contribution in [3.63, 3.8) is 0 Å². The number of carbonyl (C=O) groups excluding carboxylic acids is 1. The lowest BCUT2D eigenvalue weighted by molar-refractivity contribution is 0.0927. The number of anilines is 2. The highest BCUT2D eigenvalue weighted by Gasteiger charge is 2.26. The molecule has 2 rings (SSSR count). The molecule has 0 saturated carbocycles. The fourth-order valence-corrected chi connectivity index (χ4v) is 3.20. The van der Waals surface area contributed by atoms with E-state index in [0.717, 1.165) is 13.0 Å². The lowest BCUT2D eigenvalue weighted by atomic mass is 10.0. The van der Waals surface area contributed by atoms with Gasteiger partial charge < -0.3 is 21.1 Å². The molecule has 1 aromatic heterocycles. The van der Waals surface area contributed by atoms with Crippen molar-refractivity contribution < 1.29 is 9.53 Å². The molecule has 6 nitrogen and oxygen atoms in total. The number of carbonyl (C=O) groups is 1. The van der Waals surface area contributed by atoms with E-state index in [1.807, 2.05) is 27.7 Å². The molecule has 118 valence electrons. The number of nitrogens with zero attached hydrogens (tertiary/aromatic N) is 1. The van der Waals surface area contributed by atoms with Crippen LogP contribution in [0.2, 0.25) is 0 Å². The molecular formula is C14H24N4O2S. The molecule has 1 aromatic rings. The summed E-state index contributed by atoms with van der Waals surface area (Å²) in [6, 6.07) is 0.0699. The topological polar surface area (TPSA) is 89.3 Å². The van der Waals surface area contributed by atoms with Crippen LogP contribution >= 0.6 is 11.3 Å². The molecule has 0 aliphatic carbocycles. The molecule has 0 bridgehead atoms. The third-order valence-electron chi connectivity index (χ3n) is 3.37. The molecule has 7 heteroatoms. The minimum absolute atomic E-state index is 0.0699. The first-order valence-corrected chi connectivity index (χ1v) is 8.01. The van der Waals surface area contributed by atoms with Gasteiger partial charge in [-0.1, -0.05) is 11.3 Å². The Bertz CT molecular complexity index is 504. The van der Waals surface area contributed by atoms with Crippen molar-refractivity contribution in [2.45, 2.75) is 45.7 Å². The maximum Gasteiger partial charge on any atom is 0.265 e. The summed E-state index contributed by atoms with van der Waals surface area (Å²) < 4.78 is 5.35. The van der Waals surface area contributed by atoms with Gasteiger partial charge in [0.15, 0.2) is 5.13 Å². The first-order chi connectivity index (χ1) is 9.76. The smallest absolute Gasteiger partial charge is 0.265 e. The summed E-state index contributed by atoms with van der Waals surface area (Å²) in [5, 5.41) is 6.90. The van der Waals surface area contributed by atoms with E-state index in [1.165, 1.54) is 11.3 Å². The van der Waals surface area contributed by atoms with Crippen LogP contribution in [0.25, 0.3) is 0 Å². The van der Waals surface area contributed by atoms with Gasteiger partial charge in [-0.3, -0.25) is 4.79 Å². The summed E-state index contributed by atoms with van der Waals surface area (Å²) in [5.74, 6) is 0.487. The van der Waals surface area contributed by atoms with Gasteiger partial charge in [0.25, 0.3) is 5.91 Å². The number of nitrogen functional groups attached to an aromatic ring is 1. The van der Waals surface area contributed by atoms with Crippen molar-refractivity contribution in [3.05, 3.63) is 4.88 Å². The summed E-state index contributed by atoms with van der Waals surface area (Å²) in [4.78, 5) is 17.0. The van der Waals surface area contributed by atoms with Crippen LogP contribution in [0.1, 0.15) is 43.8 Å². The third kappa shape index (κ3) is 4.31. The van der Waals surface area contributed by atoms with E-state index in [2.05, 4.69) is 15.6 Å². The van der Waals surface area contributed by atoms with Crippen molar-refractivity contribution in [2.75, 3.05) is 24.3 Å². The molecule has 21 heavy (non-hydrogen) atoms. The fourth-order valence-electron chi connectivity index (χ4n) is 2.21. The highest BCUT2D eigenvalue weighted by molar-refractivity contribution is 7.18. The van der Waals surface area contributed by atoms with Crippen LogP contribution in [0.15, 0.2) is 0 Å². The number of nitrogens with one attached hydrogen (secondary N) is 2. The highest BCUT2D eigenvalue weighted by atomic mass is 32.1. The van der Waals surface area contributed by atoms with Crippen LogP contribution in [-0.2, 0) is 4.74 Å². The van der Waals surface area contributed by atoms with Crippen LogP contribution in [0.5, 0.6) is 0 Å².